The summed E-state index contributed by atoms with van der Waals surface area (Å²) in [6.07, 6.45) is 0.613. The monoisotopic (exact) mass is 253 g/mol. The normalized spacial score (nSPS) is 24.1. The minimum atomic E-state index is -0.772. The fraction of sp³-hybridized carbons (Fsp3) is 0.462. The Balaban J connectivity index is 2.24. The van der Waals surface area contributed by atoms with Crippen LogP contribution in [0.5, 0.6) is 0 Å². The molecule has 1 aromatic carbocycles. The molecule has 92 valence electrons. The number of benzene rings is 1. The lowest BCUT2D eigenvalue weighted by molar-refractivity contribution is 0.0572. The third kappa shape index (κ3) is 2.45. The Morgan fingerprint density at radius 2 is 2.24 bits per heavy atom. The van der Waals surface area contributed by atoms with E-state index in [0.717, 1.165) is 5.56 Å². The molecule has 0 spiro atoms. The van der Waals surface area contributed by atoms with Crippen LogP contribution < -0.4 is 0 Å². The summed E-state index contributed by atoms with van der Waals surface area (Å²) < 4.78 is 0. The molecule has 1 saturated heterocycles. The molecule has 1 unspecified atom stereocenters. The SMILES string of the molecule is Cc1cccc(C(=O)N2CCC(C)(O)C2)c1Cl. The van der Waals surface area contributed by atoms with Gasteiger partial charge in [-0.25, -0.2) is 0 Å². The highest BCUT2D eigenvalue weighted by Crippen LogP contribution is 2.26. The minimum Gasteiger partial charge on any atom is -0.388 e. The predicted octanol–water partition coefficient (Wildman–Crippen LogP) is 2.25. The number of nitrogens with zero attached hydrogens (tertiary/aromatic N) is 1. The standard InChI is InChI=1S/C13H16ClNO2/c1-9-4-3-5-10(11(9)14)12(16)15-7-6-13(2,17)8-15/h3-5,17H,6-8H2,1-2H3. The molecule has 0 bridgehead atoms. The predicted molar refractivity (Wildman–Crippen MR) is 67.3 cm³/mol. The van der Waals surface area contributed by atoms with Gasteiger partial charge in [0, 0.05) is 13.1 Å². The number of hydrogen-bond acceptors (Lipinski definition) is 2. The summed E-state index contributed by atoms with van der Waals surface area (Å²) >= 11 is 6.13. The number of aliphatic hydroxyl groups is 1. The molecule has 0 radical (unpaired) electrons. The van der Waals surface area contributed by atoms with Crippen molar-refractivity contribution in [2.45, 2.75) is 25.9 Å². The van der Waals surface area contributed by atoms with Gasteiger partial charge < -0.3 is 10.0 Å². The topological polar surface area (TPSA) is 40.5 Å². The van der Waals surface area contributed by atoms with Crippen LogP contribution in [0.2, 0.25) is 5.02 Å². The van der Waals surface area contributed by atoms with Gasteiger partial charge in [-0.15, -0.1) is 0 Å². The van der Waals surface area contributed by atoms with Gasteiger partial charge in [0.15, 0.2) is 0 Å². The molecular weight excluding hydrogens is 238 g/mol. The van der Waals surface area contributed by atoms with Crippen LogP contribution in [-0.4, -0.2) is 34.6 Å². The van der Waals surface area contributed by atoms with E-state index in [1.54, 1.807) is 17.9 Å². The van der Waals surface area contributed by atoms with E-state index in [0.29, 0.717) is 30.1 Å². The van der Waals surface area contributed by atoms with Crippen LogP contribution in [0.4, 0.5) is 0 Å². The summed E-state index contributed by atoms with van der Waals surface area (Å²) in [5, 5.41) is 10.4. The molecule has 0 aromatic heterocycles. The Labute approximate surface area is 106 Å². The average Bonchev–Trinajstić information content (AvgIpc) is 2.62. The summed E-state index contributed by atoms with van der Waals surface area (Å²) in [5.41, 5.74) is 0.638. The second kappa shape index (κ2) is 4.31. The average molecular weight is 254 g/mol. The van der Waals surface area contributed by atoms with Crippen molar-refractivity contribution in [2.24, 2.45) is 0 Å². The first-order valence-electron chi connectivity index (χ1n) is 5.67. The number of amides is 1. The summed E-state index contributed by atoms with van der Waals surface area (Å²) in [4.78, 5) is 13.9. The van der Waals surface area contributed by atoms with Crippen LogP contribution in [0, 0.1) is 6.92 Å². The number of carbonyl (C=O) groups excluding carboxylic acids is 1. The smallest absolute Gasteiger partial charge is 0.255 e. The van der Waals surface area contributed by atoms with E-state index in [9.17, 15) is 9.90 Å². The molecular formula is C13H16ClNO2. The summed E-state index contributed by atoms with van der Waals surface area (Å²) in [5.74, 6) is -0.100. The number of likely N-dealkylation sites (tertiary alicyclic amines) is 1. The lowest BCUT2D eigenvalue weighted by atomic mass is 10.1. The molecule has 0 aliphatic carbocycles. The van der Waals surface area contributed by atoms with Crippen molar-refractivity contribution in [3.05, 3.63) is 34.3 Å². The van der Waals surface area contributed by atoms with Crippen molar-refractivity contribution in [3.63, 3.8) is 0 Å². The number of β-amino-alcohol motifs (C(OH)–C–C–N with tert-alkyl or cyclic N) is 1. The van der Waals surface area contributed by atoms with Crippen molar-refractivity contribution < 1.29 is 9.90 Å². The Bertz CT molecular complexity index is 457. The van der Waals surface area contributed by atoms with Crippen LogP contribution in [0.3, 0.4) is 0 Å². The molecule has 0 saturated carbocycles. The summed E-state index contributed by atoms with van der Waals surface area (Å²) in [6.45, 7) is 4.57. The van der Waals surface area contributed by atoms with Gasteiger partial charge in [0.25, 0.3) is 5.91 Å². The zero-order chi connectivity index (χ0) is 12.6. The Hall–Kier alpha value is -1.06. The molecule has 1 fully saturated rings. The third-order valence-corrected chi connectivity index (χ3v) is 3.66. The maximum Gasteiger partial charge on any atom is 0.255 e. The van der Waals surface area contributed by atoms with Gasteiger partial charge in [-0.3, -0.25) is 4.79 Å². The number of hydrogen-bond donors (Lipinski definition) is 1. The highest BCUT2D eigenvalue weighted by Gasteiger charge is 2.34. The van der Waals surface area contributed by atoms with Crippen molar-refractivity contribution in [2.75, 3.05) is 13.1 Å². The van der Waals surface area contributed by atoms with Crippen molar-refractivity contribution in [3.8, 4) is 0 Å². The second-order valence-electron chi connectivity index (χ2n) is 4.91. The van der Waals surface area contributed by atoms with Crippen LogP contribution >= 0.6 is 11.6 Å². The van der Waals surface area contributed by atoms with Gasteiger partial charge >= 0.3 is 0 Å². The van der Waals surface area contributed by atoms with Gasteiger partial charge in [0.05, 0.1) is 16.2 Å². The first-order chi connectivity index (χ1) is 7.91. The van der Waals surface area contributed by atoms with E-state index < -0.39 is 5.60 Å². The zero-order valence-corrected chi connectivity index (χ0v) is 10.8. The van der Waals surface area contributed by atoms with Crippen molar-refractivity contribution in [1.82, 2.24) is 4.90 Å². The minimum absolute atomic E-state index is 0.100. The van der Waals surface area contributed by atoms with Gasteiger partial charge in [-0.2, -0.15) is 0 Å². The number of aryl methyl sites for hydroxylation is 1. The lowest BCUT2D eigenvalue weighted by Gasteiger charge is -2.19. The molecule has 4 heteroatoms. The fourth-order valence-corrected chi connectivity index (χ4v) is 2.31. The number of rotatable bonds is 1. The molecule has 17 heavy (non-hydrogen) atoms. The molecule has 1 aliphatic rings. The van der Waals surface area contributed by atoms with E-state index in [2.05, 4.69) is 0 Å². The first-order valence-corrected chi connectivity index (χ1v) is 6.05. The molecule has 1 aliphatic heterocycles. The fourth-order valence-electron chi connectivity index (χ4n) is 2.10. The van der Waals surface area contributed by atoms with Crippen LogP contribution in [0.15, 0.2) is 18.2 Å². The van der Waals surface area contributed by atoms with E-state index in [-0.39, 0.29) is 5.91 Å². The van der Waals surface area contributed by atoms with Crippen molar-refractivity contribution in [1.29, 1.82) is 0 Å². The highest BCUT2D eigenvalue weighted by atomic mass is 35.5. The van der Waals surface area contributed by atoms with Gasteiger partial charge in [-0.05, 0) is 31.9 Å². The molecule has 1 heterocycles. The van der Waals surface area contributed by atoms with Crippen LogP contribution in [-0.2, 0) is 0 Å². The van der Waals surface area contributed by atoms with Crippen LogP contribution in [0.25, 0.3) is 0 Å². The van der Waals surface area contributed by atoms with Crippen LogP contribution in [0.1, 0.15) is 29.3 Å². The largest absolute Gasteiger partial charge is 0.388 e. The lowest BCUT2D eigenvalue weighted by Crippen LogP contribution is -2.34. The van der Waals surface area contributed by atoms with E-state index >= 15 is 0 Å². The Morgan fingerprint density at radius 3 is 2.82 bits per heavy atom. The highest BCUT2D eigenvalue weighted by molar-refractivity contribution is 6.34. The summed E-state index contributed by atoms with van der Waals surface area (Å²) in [7, 11) is 0. The molecule has 3 nitrogen and oxygen atoms in total. The molecule has 1 atom stereocenters. The molecule has 1 amide bonds. The van der Waals surface area contributed by atoms with Crippen molar-refractivity contribution >= 4 is 17.5 Å². The Morgan fingerprint density at radius 1 is 1.53 bits per heavy atom. The third-order valence-electron chi connectivity index (χ3n) is 3.16. The number of halogens is 1. The molecule has 2 rings (SSSR count). The van der Waals surface area contributed by atoms with E-state index in [1.165, 1.54) is 0 Å². The van der Waals surface area contributed by atoms with Gasteiger partial charge in [0.1, 0.15) is 0 Å². The first kappa shape index (κ1) is 12.4. The quantitative estimate of drug-likeness (QED) is 0.834. The Kier molecular flexibility index (Phi) is 3.15. The van der Waals surface area contributed by atoms with E-state index in [1.807, 2.05) is 19.1 Å². The number of carbonyl (C=O) groups is 1. The maximum atomic E-state index is 12.2. The van der Waals surface area contributed by atoms with E-state index in [4.69, 9.17) is 11.6 Å². The zero-order valence-electron chi connectivity index (χ0n) is 10.0. The summed E-state index contributed by atoms with van der Waals surface area (Å²) in [6, 6.07) is 5.42. The maximum absolute atomic E-state index is 12.2. The van der Waals surface area contributed by atoms with Gasteiger partial charge in [-0.1, -0.05) is 23.7 Å². The molecule has 1 N–H and O–H groups in total. The van der Waals surface area contributed by atoms with Gasteiger partial charge in [0.2, 0.25) is 0 Å². The second-order valence-corrected chi connectivity index (χ2v) is 5.29. The molecule has 1 aromatic rings.